The first-order chi connectivity index (χ1) is 11.6. The molecule has 0 aliphatic heterocycles. The first kappa shape index (κ1) is 17.5. The number of urea groups is 1. The Morgan fingerprint density at radius 3 is 2.33 bits per heavy atom. The average Bonchev–Trinajstić information content (AvgIpc) is 2.60. The number of rotatable bonds is 7. The van der Waals surface area contributed by atoms with Crippen molar-refractivity contribution in [3.8, 4) is 17.2 Å². The largest absolute Gasteiger partial charge is 0.497 e. The molecule has 0 saturated heterocycles. The van der Waals surface area contributed by atoms with Crippen LogP contribution in [0.25, 0.3) is 0 Å². The molecule has 6 heteroatoms. The minimum atomic E-state index is -0.297. The van der Waals surface area contributed by atoms with Gasteiger partial charge in [-0.15, -0.1) is 0 Å². The van der Waals surface area contributed by atoms with Crippen molar-refractivity contribution >= 4 is 11.7 Å². The summed E-state index contributed by atoms with van der Waals surface area (Å²) in [5.41, 5.74) is 0.662. The molecule has 0 fully saturated rings. The van der Waals surface area contributed by atoms with E-state index >= 15 is 0 Å². The minimum Gasteiger partial charge on any atom is -0.497 e. The van der Waals surface area contributed by atoms with Gasteiger partial charge < -0.3 is 24.8 Å². The summed E-state index contributed by atoms with van der Waals surface area (Å²) >= 11 is 0. The molecular weight excluding hydrogens is 308 g/mol. The quantitative estimate of drug-likeness (QED) is 0.817. The van der Waals surface area contributed by atoms with Crippen molar-refractivity contribution < 1.29 is 19.0 Å². The van der Waals surface area contributed by atoms with Gasteiger partial charge >= 0.3 is 6.03 Å². The van der Waals surface area contributed by atoms with Gasteiger partial charge in [-0.05, 0) is 43.3 Å². The Kier molecular flexibility index (Phi) is 6.31. The molecule has 0 aliphatic rings. The van der Waals surface area contributed by atoms with Crippen molar-refractivity contribution in [1.29, 1.82) is 0 Å². The number of benzene rings is 2. The molecule has 2 amide bonds. The van der Waals surface area contributed by atoms with Crippen LogP contribution < -0.4 is 24.8 Å². The van der Waals surface area contributed by atoms with Crippen LogP contribution in [0.5, 0.6) is 17.2 Å². The van der Waals surface area contributed by atoms with Gasteiger partial charge in [0, 0.05) is 11.8 Å². The van der Waals surface area contributed by atoms with E-state index in [1.165, 1.54) is 0 Å². The molecule has 0 spiro atoms. The summed E-state index contributed by atoms with van der Waals surface area (Å²) in [6, 6.07) is 14.0. The van der Waals surface area contributed by atoms with E-state index in [-0.39, 0.29) is 12.1 Å². The van der Waals surface area contributed by atoms with Crippen LogP contribution in [0, 0.1) is 0 Å². The zero-order valence-electron chi connectivity index (χ0n) is 14.0. The number of carbonyl (C=O) groups excluding carboxylic acids is 1. The van der Waals surface area contributed by atoms with E-state index in [1.807, 2.05) is 43.3 Å². The standard InChI is InChI=1S/C18H22N2O4/c1-13(12-24-16-9-7-15(22-2)8-10-16)19-18(21)20-14-5-4-6-17(11-14)23-3/h4-11,13H,12H2,1-3H3,(H2,19,20,21). The molecule has 2 aromatic carbocycles. The lowest BCUT2D eigenvalue weighted by atomic mass is 10.3. The first-order valence-corrected chi connectivity index (χ1v) is 7.59. The highest BCUT2D eigenvalue weighted by molar-refractivity contribution is 5.89. The highest BCUT2D eigenvalue weighted by Crippen LogP contribution is 2.18. The summed E-state index contributed by atoms with van der Waals surface area (Å²) in [7, 11) is 3.19. The maximum Gasteiger partial charge on any atom is 0.319 e. The van der Waals surface area contributed by atoms with Gasteiger partial charge in [0.15, 0.2) is 0 Å². The second kappa shape index (κ2) is 8.67. The highest BCUT2D eigenvalue weighted by Gasteiger charge is 2.09. The molecule has 0 aromatic heterocycles. The topological polar surface area (TPSA) is 68.8 Å². The second-order valence-corrected chi connectivity index (χ2v) is 5.22. The van der Waals surface area contributed by atoms with Gasteiger partial charge in [-0.25, -0.2) is 4.79 Å². The molecule has 2 rings (SSSR count). The zero-order chi connectivity index (χ0) is 17.4. The van der Waals surface area contributed by atoms with Gasteiger partial charge in [0.2, 0.25) is 0 Å². The molecule has 2 aromatic rings. The van der Waals surface area contributed by atoms with Gasteiger partial charge in [-0.2, -0.15) is 0 Å². The fourth-order valence-electron chi connectivity index (χ4n) is 2.03. The van der Waals surface area contributed by atoms with Crippen molar-refractivity contribution in [3.05, 3.63) is 48.5 Å². The number of anilines is 1. The summed E-state index contributed by atoms with van der Waals surface area (Å²) < 4.78 is 15.8. The van der Waals surface area contributed by atoms with E-state index in [4.69, 9.17) is 14.2 Å². The SMILES string of the molecule is COc1ccc(OCC(C)NC(=O)Nc2cccc(OC)c2)cc1. The summed E-state index contributed by atoms with van der Waals surface area (Å²) in [6.45, 7) is 2.23. The number of carbonyl (C=O) groups is 1. The molecule has 1 atom stereocenters. The first-order valence-electron chi connectivity index (χ1n) is 7.59. The summed E-state index contributed by atoms with van der Waals surface area (Å²) in [4.78, 5) is 12.0. The lowest BCUT2D eigenvalue weighted by Crippen LogP contribution is -2.39. The fourth-order valence-corrected chi connectivity index (χ4v) is 2.03. The number of methoxy groups -OCH3 is 2. The molecule has 0 saturated carbocycles. The van der Waals surface area contributed by atoms with Gasteiger partial charge in [0.05, 0.1) is 20.3 Å². The Morgan fingerprint density at radius 2 is 1.67 bits per heavy atom. The van der Waals surface area contributed by atoms with Crippen LogP contribution in [0.2, 0.25) is 0 Å². The number of ether oxygens (including phenoxy) is 3. The van der Waals surface area contributed by atoms with Gasteiger partial charge in [0.1, 0.15) is 23.9 Å². The smallest absolute Gasteiger partial charge is 0.319 e. The van der Waals surface area contributed by atoms with Crippen molar-refractivity contribution in [2.24, 2.45) is 0 Å². The summed E-state index contributed by atoms with van der Waals surface area (Å²) in [6.07, 6.45) is 0. The van der Waals surface area contributed by atoms with E-state index in [1.54, 1.807) is 26.4 Å². The van der Waals surface area contributed by atoms with E-state index in [9.17, 15) is 4.79 Å². The third kappa shape index (κ3) is 5.39. The monoisotopic (exact) mass is 330 g/mol. The number of hydrogen-bond acceptors (Lipinski definition) is 4. The lowest BCUT2D eigenvalue weighted by molar-refractivity contribution is 0.236. The number of hydrogen-bond donors (Lipinski definition) is 2. The minimum absolute atomic E-state index is 0.155. The molecule has 128 valence electrons. The maximum absolute atomic E-state index is 12.0. The molecule has 1 unspecified atom stereocenters. The predicted octanol–water partition coefficient (Wildman–Crippen LogP) is 3.29. The van der Waals surface area contributed by atoms with Crippen LogP contribution in [-0.4, -0.2) is 32.9 Å². The molecule has 0 radical (unpaired) electrons. The van der Waals surface area contributed by atoms with Crippen LogP contribution in [0.1, 0.15) is 6.92 Å². The molecule has 0 heterocycles. The van der Waals surface area contributed by atoms with Crippen molar-refractivity contribution in [3.63, 3.8) is 0 Å². The fraction of sp³-hybridized carbons (Fsp3) is 0.278. The van der Waals surface area contributed by atoms with Gasteiger partial charge in [-0.3, -0.25) is 0 Å². The van der Waals surface area contributed by atoms with E-state index < -0.39 is 0 Å². The number of nitrogens with one attached hydrogen (secondary N) is 2. The van der Waals surface area contributed by atoms with Crippen LogP contribution in [-0.2, 0) is 0 Å². The van der Waals surface area contributed by atoms with Gasteiger partial charge in [-0.1, -0.05) is 6.07 Å². The van der Waals surface area contributed by atoms with Crippen LogP contribution in [0.4, 0.5) is 10.5 Å². The van der Waals surface area contributed by atoms with Gasteiger partial charge in [0.25, 0.3) is 0 Å². The van der Waals surface area contributed by atoms with Crippen LogP contribution in [0.15, 0.2) is 48.5 Å². The van der Waals surface area contributed by atoms with Crippen molar-refractivity contribution in [1.82, 2.24) is 5.32 Å². The average molecular weight is 330 g/mol. The Labute approximate surface area is 141 Å². The Bertz CT molecular complexity index is 658. The molecule has 6 nitrogen and oxygen atoms in total. The normalized spacial score (nSPS) is 11.3. The Morgan fingerprint density at radius 1 is 1.00 bits per heavy atom. The van der Waals surface area contributed by atoms with Crippen LogP contribution in [0.3, 0.4) is 0 Å². The number of amides is 2. The Hall–Kier alpha value is -2.89. The Balaban J connectivity index is 1.78. The zero-order valence-corrected chi connectivity index (χ0v) is 14.0. The van der Waals surface area contributed by atoms with Crippen molar-refractivity contribution in [2.45, 2.75) is 13.0 Å². The maximum atomic E-state index is 12.0. The predicted molar refractivity (Wildman–Crippen MR) is 93.1 cm³/mol. The molecular formula is C18H22N2O4. The van der Waals surface area contributed by atoms with E-state index in [0.29, 0.717) is 18.0 Å². The second-order valence-electron chi connectivity index (χ2n) is 5.22. The lowest BCUT2D eigenvalue weighted by Gasteiger charge is -2.16. The molecule has 0 aliphatic carbocycles. The van der Waals surface area contributed by atoms with Crippen molar-refractivity contribution in [2.75, 3.05) is 26.1 Å². The van der Waals surface area contributed by atoms with E-state index in [2.05, 4.69) is 10.6 Å². The third-order valence-electron chi connectivity index (χ3n) is 3.26. The summed E-state index contributed by atoms with van der Waals surface area (Å²) in [5.74, 6) is 2.17. The molecule has 2 N–H and O–H groups in total. The molecule has 24 heavy (non-hydrogen) atoms. The molecule has 0 bridgehead atoms. The summed E-state index contributed by atoms with van der Waals surface area (Å²) in [5, 5.41) is 5.58. The highest BCUT2D eigenvalue weighted by atomic mass is 16.5. The van der Waals surface area contributed by atoms with E-state index in [0.717, 1.165) is 11.5 Å². The van der Waals surface area contributed by atoms with Crippen LogP contribution >= 0.6 is 0 Å². The third-order valence-corrected chi connectivity index (χ3v) is 3.26.